The molecule has 0 aromatic rings. The molecule has 1 amide bonds. The summed E-state index contributed by atoms with van der Waals surface area (Å²) in [6.07, 6.45) is 16.6. The van der Waals surface area contributed by atoms with Gasteiger partial charge in [0.15, 0.2) is 6.54 Å². The third-order valence-corrected chi connectivity index (χ3v) is 7.07. The predicted molar refractivity (Wildman–Crippen MR) is 150 cm³/mol. The normalized spacial score (nSPS) is 11.2. The number of hydrogen-bond acceptors (Lipinski definition) is 5. The second-order valence-electron chi connectivity index (χ2n) is 10.3. The summed E-state index contributed by atoms with van der Waals surface area (Å²) in [7, 11) is 0. The van der Waals surface area contributed by atoms with Gasteiger partial charge in [-0.25, -0.2) is 0 Å². The molecule has 0 saturated carbocycles. The van der Waals surface area contributed by atoms with Gasteiger partial charge in [0.05, 0.1) is 24.9 Å². The predicted octanol–water partition coefficient (Wildman–Crippen LogP) is 5.70. The molecule has 0 saturated heterocycles. The fraction of sp³-hybridized carbons (Fsp3) is 0.900. The van der Waals surface area contributed by atoms with Gasteiger partial charge in [-0.1, -0.05) is 105 Å². The van der Waals surface area contributed by atoms with Gasteiger partial charge in [-0.05, 0) is 25.7 Å². The maximum atomic E-state index is 12.7. The van der Waals surface area contributed by atoms with Gasteiger partial charge in [0.2, 0.25) is 0 Å². The van der Waals surface area contributed by atoms with Crippen LogP contribution in [0.25, 0.3) is 0 Å². The summed E-state index contributed by atoms with van der Waals surface area (Å²) in [5.74, 6) is -0.552. The van der Waals surface area contributed by atoms with Crippen LogP contribution in [0.1, 0.15) is 130 Å². The lowest BCUT2D eigenvalue weighted by Crippen LogP contribution is -2.58. The molecule has 0 aliphatic carbocycles. The highest BCUT2D eigenvalue weighted by Crippen LogP contribution is 2.20. The number of unbranched alkanes of at least 4 members (excludes halogenated alkanes) is 8. The van der Waals surface area contributed by atoms with Crippen LogP contribution in [0.5, 0.6) is 0 Å². The monoisotopic (exact) mass is 527 g/mol. The summed E-state index contributed by atoms with van der Waals surface area (Å²) >= 11 is 0. The Morgan fingerprint density at radius 2 is 0.919 bits per heavy atom. The van der Waals surface area contributed by atoms with Gasteiger partial charge in [-0.2, -0.15) is 0 Å². The smallest absolute Gasteiger partial charge is 0.308 e. The highest BCUT2D eigenvalue weighted by atomic mass is 16.5. The Labute approximate surface area is 227 Å². The summed E-state index contributed by atoms with van der Waals surface area (Å²) in [6, 6.07) is 0. The topological polar surface area (TPSA) is 101 Å². The largest absolute Gasteiger partial charge is 0.464 e. The molecule has 0 aliphatic rings. The molecule has 0 atom stereocenters. The van der Waals surface area contributed by atoms with Crippen LogP contribution in [-0.4, -0.2) is 55.6 Å². The van der Waals surface area contributed by atoms with Crippen molar-refractivity contribution in [2.45, 2.75) is 130 Å². The average Bonchev–Trinajstić information content (AvgIpc) is 2.90. The van der Waals surface area contributed by atoms with Crippen molar-refractivity contribution in [1.82, 2.24) is 4.90 Å². The Kier molecular flexibility index (Phi) is 23.6. The number of carbonyl (C=O) groups excluding carboxylic acids is 3. The SMILES string of the molecule is CCCCCC(CCCCC)C(=O)OCCN(CCOC(=O)C(CCCCC)CCCCC)C(=O)C[NH3+]. The minimum Gasteiger partial charge on any atom is -0.464 e. The fourth-order valence-electron chi connectivity index (χ4n) is 4.59. The Hall–Kier alpha value is -1.63. The summed E-state index contributed by atoms with van der Waals surface area (Å²) in [6.45, 7) is 9.68. The van der Waals surface area contributed by atoms with Gasteiger partial charge in [-0.15, -0.1) is 0 Å². The molecule has 3 N–H and O–H groups in total. The van der Waals surface area contributed by atoms with E-state index in [9.17, 15) is 14.4 Å². The van der Waals surface area contributed by atoms with Crippen LogP contribution < -0.4 is 5.73 Å². The minimum absolute atomic E-state index is 0.0617. The van der Waals surface area contributed by atoms with Gasteiger partial charge < -0.3 is 20.1 Å². The van der Waals surface area contributed by atoms with Crippen molar-refractivity contribution >= 4 is 17.8 Å². The number of quaternary nitrogens is 1. The van der Waals surface area contributed by atoms with Gasteiger partial charge in [0.25, 0.3) is 5.91 Å². The van der Waals surface area contributed by atoms with Gasteiger partial charge in [-0.3, -0.25) is 14.4 Å². The first-order chi connectivity index (χ1) is 17.9. The molecular weight excluding hydrogens is 468 g/mol. The third kappa shape index (κ3) is 18.3. The van der Waals surface area contributed by atoms with E-state index >= 15 is 0 Å². The van der Waals surface area contributed by atoms with Crippen molar-refractivity contribution in [3.63, 3.8) is 0 Å². The Morgan fingerprint density at radius 3 is 1.19 bits per heavy atom. The zero-order valence-corrected chi connectivity index (χ0v) is 24.7. The molecule has 0 rings (SSSR count). The second kappa shape index (κ2) is 24.7. The van der Waals surface area contributed by atoms with E-state index in [1.54, 1.807) is 4.90 Å². The first-order valence-corrected chi connectivity index (χ1v) is 15.3. The zero-order valence-electron chi connectivity index (χ0n) is 24.7. The fourth-order valence-corrected chi connectivity index (χ4v) is 4.59. The van der Waals surface area contributed by atoms with Crippen molar-refractivity contribution in [2.75, 3.05) is 32.8 Å². The van der Waals surface area contributed by atoms with Crippen molar-refractivity contribution in [2.24, 2.45) is 11.8 Å². The average molecular weight is 528 g/mol. The highest BCUT2D eigenvalue weighted by molar-refractivity contribution is 5.77. The van der Waals surface area contributed by atoms with E-state index in [0.717, 1.165) is 103 Å². The maximum absolute atomic E-state index is 12.7. The van der Waals surface area contributed by atoms with Gasteiger partial charge in [0.1, 0.15) is 13.2 Å². The second-order valence-corrected chi connectivity index (χ2v) is 10.3. The Bertz CT molecular complexity index is 522. The summed E-state index contributed by atoms with van der Waals surface area (Å²) in [5.41, 5.74) is 3.71. The number of carbonyl (C=O) groups is 3. The standard InChI is InChI=1S/C30H58N2O5/c1-5-9-13-17-26(18-14-10-6-2)29(34)36-23-21-32(28(33)25-31)22-24-37-30(35)27(19-15-11-7-3)20-16-12-8-4/h26-27H,5-25,31H2,1-4H3/p+1. The van der Waals surface area contributed by atoms with E-state index in [1.807, 2.05) is 0 Å². The van der Waals surface area contributed by atoms with E-state index in [0.29, 0.717) is 13.1 Å². The van der Waals surface area contributed by atoms with E-state index < -0.39 is 0 Å². The Morgan fingerprint density at radius 1 is 0.595 bits per heavy atom. The number of nitrogens with zero attached hydrogens (tertiary/aromatic N) is 1. The molecule has 0 aliphatic heterocycles. The molecule has 0 heterocycles. The molecule has 0 unspecified atom stereocenters. The first kappa shape index (κ1) is 35.4. The molecule has 0 aromatic heterocycles. The van der Waals surface area contributed by atoms with Crippen LogP contribution in [0.15, 0.2) is 0 Å². The quantitative estimate of drug-likeness (QED) is 0.121. The van der Waals surface area contributed by atoms with Gasteiger partial charge >= 0.3 is 11.9 Å². The summed E-state index contributed by atoms with van der Waals surface area (Å²) in [4.78, 5) is 39.5. The minimum atomic E-state index is -0.150. The van der Waals surface area contributed by atoms with Crippen LogP contribution in [0.2, 0.25) is 0 Å². The van der Waals surface area contributed by atoms with E-state index in [-0.39, 0.29) is 49.4 Å². The van der Waals surface area contributed by atoms with E-state index in [2.05, 4.69) is 33.4 Å². The molecule has 0 aromatic carbocycles. The van der Waals surface area contributed by atoms with Crippen molar-refractivity contribution < 1.29 is 29.6 Å². The summed E-state index contributed by atoms with van der Waals surface area (Å²) < 4.78 is 11.2. The van der Waals surface area contributed by atoms with Gasteiger partial charge in [0, 0.05) is 0 Å². The number of rotatable bonds is 25. The Balaban J connectivity index is 4.72. The lowest BCUT2D eigenvalue weighted by molar-refractivity contribution is -0.357. The molecule has 0 spiro atoms. The number of esters is 2. The number of amides is 1. The molecule has 0 bridgehead atoms. The molecule has 37 heavy (non-hydrogen) atoms. The molecule has 0 fully saturated rings. The third-order valence-electron chi connectivity index (χ3n) is 7.07. The van der Waals surface area contributed by atoms with E-state index in [4.69, 9.17) is 9.47 Å². The zero-order chi connectivity index (χ0) is 27.7. The van der Waals surface area contributed by atoms with Crippen molar-refractivity contribution in [3.05, 3.63) is 0 Å². The van der Waals surface area contributed by atoms with Crippen molar-refractivity contribution in [1.29, 1.82) is 0 Å². The molecular formula is C30H59N2O5+. The van der Waals surface area contributed by atoms with Crippen LogP contribution in [0.3, 0.4) is 0 Å². The van der Waals surface area contributed by atoms with Crippen LogP contribution in [-0.2, 0) is 23.9 Å². The first-order valence-electron chi connectivity index (χ1n) is 15.3. The molecule has 7 heteroatoms. The van der Waals surface area contributed by atoms with Crippen LogP contribution in [0.4, 0.5) is 0 Å². The summed E-state index contributed by atoms with van der Waals surface area (Å²) in [5, 5.41) is 0. The van der Waals surface area contributed by atoms with Crippen LogP contribution >= 0.6 is 0 Å². The van der Waals surface area contributed by atoms with E-state index in [1.165, 1.54) is 0 Å². The van der Waals surface area contributed by atoms with Crippen molar-refractivity contribution in [3.8, 4) is 0 Å². The lowest BCUT2D eigenvalue weighted by atomic mass is 9.95. The molecule has 218 valence electrons. The number of ether oxygens (including phenoxy) is 2. The highest BCUT2D eigenvalue weighted by Gasteiger charge is 2.22. The maximum Gasteiger partial charge on any atom is 0.308 e. The van der Waals surface area contributed by atoms with Crippen LogP contribution in [0, 0.1) is 11.8 Å². The lowest BCUT2D eigenvalue weighted by Gasteiger charge is -2.23. The molecule has 0 radical (unpaired) electrons. The molecule has 7 nitrogen and oxygen atoms in total. The number of hydrogen-bond donors (Lipinski definition) is 1.